The average Bonchev–Trinajstić information content (AvgIpc) is 3.64. The highest BCUT2D eigenvalue weighted by Gasteiger charge is 2.24. The fraction of sp³-hybridized carbons (Fsp3) is 0.333. The summed E-state index contributed by atoms with van der Waals surface area (Å²) in [5.74, 6) is 1.42. The topological polar surface area (TPSA) is 55.2 Å². The SMILES string of the molecule is CC(C)Oc1cc(-c2ccccc2)ccc1-n1ccc2cnc(Nc3ccc4c(c3)CCC(N3CCCC3)CC4)nc21. The molecule has 2 aliphatic rings. The number of benzene rings is 3. The molecule has 1 saturated heterocycles. The minimum atomic E-state index is 0.0438. The number of rotatable bonds is 7. The normalized spacial score (nSPS) is 17.4. The van der Waals surface area contributed by atoms with Crippen LogP contribution in [0.4, 0.5) is 11.6 Å². The van der Waals surface area contributed by atoms with Crippen molar-refractivity contribution in [2.75, 3.05) is 18.4 Å². The van der Waals surface area contributed by atoms with E-state index in [2.05, 4.69) is 100 Å². The lowest BCUT2D eigenvalue weighted by atomic mass is 10.0. The Kier molecular flexibility index (Phi) is 7.39. The maximum absolute atomic E-state index is 6.33. The molecule has 0 spiro atoms. The summed E-state index contributed by atoms with van der Waals surface area (Å²) in [6.07, 6.45) is 11.5. The van der Waals surface area contributed by atoms with Gasteiger partial charge in [0.05, 0.1) is 11.8 Å². The van der Waals surface area contributed by atoms with Crippen LogP contribution in [0.15, 0.2) is 85.2 Å². The van der Waals surface area contributed by atoms with Crippen molar-refractivity contribution in [1.82, 2.24) is 19.4 Å². The van der Waals surface area contributed by atoms with Gasteiger partial charge in [-0.15, -0.1) is 0 Å². The molecule has 1 unspecified atom stereocenters. The summed E-state index contributed by atoms with van der Waals surface area (Å²) < 4.78 is 8.43. The first kappa shape index (κ1) is 26.7. The van der Waals surface area contributed by atoms with Crippen LogP contribution in [-0.4, -0.2) is 44.7 Å². The quantitative estimate of drug-likeness (QED) is 0.206. The lowest BCUT2D eigenvalue weighted by Crippen LogP contribution is -2.32. The highest BCUT2D eigenvalue weighted by molar-refractivity contribution is 5.80. The van der Waals surface area contributed by atoms with Crippen LogP contribution in [0.25, 0.3) is 27.8 Å². The molecule has 6 nitrogen and oxygen atoms in total. The lowest BCUT2D eigenvalue weighted by molar-refractivity contribution is 0.222. The number of nitrogens with one attached hydrogen (secondary N) is 1. The smallest absolute Gasteiger partial charge is 0.229 e. The van der Waals surface area contributed by atoms with Gasteiger partial charge in [-0.25, -0.2) is 4.98 Å². The number of anilines is 2. The lowest BCUT2D eigenvalue weighted by Gasteiger charge is -2.25. The molecular weight excluding hydrogens is 518 g/mol. The molecule has 1 atom stereocenters. The molecule has 1 fully saturated rings. The maximum Gasteiger partial charge on any atom is 0.229 e. The maximum atomic E-state index is 6.33. The van der Waals surface area contributed by atoms with Gasteiger partial charge in [-0.3, -0.25) is 4.57 Å². The summed E-state index contributed by atoms with van der Waals surface area (Å²) in [4.78, 5) is 12.4. The molecule has 1 N–H and O–H groups in total. The van der Waals surface area contributed by atoms with Gasteiger partial charge in [0.25, 0.3) is 0 Å². The number of hydrogen-bond acceptors (Lipinski definition) is 5. The molecule has 0 amide bonds. The second-order valence-electron chi connectivity index (χ2n) is 12.0. The van der Waals surface area contributed by atoms with Crippen LogP contribution in [0.1, 0.15) is 50.7 Å². The van der Waals surface area contributed by atoms with Gasteiger partial charge in [-0.2, -0.15) is 4.98 Å². The molecule has 7 rings (SSSR count). The molecule has 42 heavy (non-hydrogen) atoms. The van der Waals surface area contributed by atoms with Gasteiger partial charge in [0.15, 0.2) is 0 Å². The minimum Gasteiger partial charge on any atom is -0.489 e. The first-order chi connectivity index (χ1) is 20.6. The van der Waals surface area contributed by atoms with Crippen molar-refractivity contribution in [2.24, 2.45) is 0 Å². The number of ether oxygens (including phenoxy) is 1. The average molecular weight is 558 g/mol. The molecule has 5 aromatic rings. The third-order valence-electron chi connectivity index (χ3n) is 8.73. The van der Waals surface area contributed by atoms with E-state index in [1.165, 1.54) is 49.9 Å². The van der Waals surface area contributed by atoms with E-state index in [-0.39, 0.29) is 6.10 Å². The number of nitrogens with zero attached hydrogens (tertiary/aromatic N) is 4. The molecule has 3 aromatic carbocycles. The third-order valence-corrected chi connectivity index (χ3v) is 8.73. The molecule has 1 aliphatic heterocycles. The van der Waals surface area contributed by atoms with Crippen molar-refractivity contribution in [2.45, 2.75) is 64.5 Å². The second kappa shape index (κ2) is 11.6. The fourth-order valence-corrected chi connectivity index (χ4v) is 6.61. The predicted molar refractivity (Wildman–Crippen MR) is 171 cm³/mol. The van der Waals surface area contributed by atoms with Crippen molar-refractivity contribution < 1.29 is 4.74 Å². The van der Waals surface area contributed by atoms with Crippen LogP contribution in [0, 0.1) is 0 Å². The van der Waals surface area contributed by atoms with Crippen LogP contribution < -0.4 is 10.1 Å². The van der Waals surface area contributed by atoms with Gasteiger partial charge in [0.2, 0.25) is 5.95 Å². The van der Waals surface area contributed by atoms with Gasteiger partial charge < -0.3 is 15.0 Å². The Labute approximate surface area is 248 Å². The van der Waals surface area contributed by atoms with Crippen LogP contribution in [0.5, 0.6) is 5.75 Å². The zero-order valence-corrected chi connectivity index (χ0v) is 24.6. The van der Waals surface area contributed by atoms with E-state index in [9.17, 15) is 0 Å². The van der Waals surface area contributed by atoms with Gasteiger partial charge >= 0.3 is 0 Å². The summed E-state index contributed by atoms with van der Waals surface area (Å²) in [5, 5.41) is 4.49. The van der Waals surface area contributed by atoms with Crippen molar-refractivity contribution in [3.8, 4) is 22.6 Å². The van der Waals surface area contributed by atoms with Gasteiger partial charge in [0.1, 0.15) is 11.4 Å². The van der Waals surface area contributed by atoms with Crippen LogP contribution in [0.3, 0.4) is 0 Å². The van der Waals surface area contributed by atoms with Crippen molar-refractivity contribution in [1.29, 1.82) is 0 Å². The zero-order chi connectivity index (χ0) is 28.5. The van der Waals surface area contributed by atoms with E-state index in [4.69, 9.17) is 9.72 Å². The Balaban J connectivity index is 1.16. The molecule has 0 radical (unpaired) electrons. The highest BCUT2D eigenvalue weighted by Crippen LogP contribution is 2.33. The fourth-order valence-electron chi connectivity index (χ4n) is 6.61. The molecule has 0 saturated carbocycles. The molecule has 6 heteroatoms. The Bertz CT molecular complexity index is 1690. The van der Waals surface area contributed by atoms with Crippen molar-refractivity contribution in [3.05, 3.63) is 96.3 Å². The standard InChI is InChI=1S/C36H39N5O/c1-25(2)42-34-23-29(26-8-4-3-5-9-26)13-17-33(34)41-21-18-30-24-37-36(39-35(30)41)38-31-14-10-27-11-15-32(16-12-28(27)22-31)40-19-6-7-20-40/h3-5,8-10,13-14,17-18,21-25,32H,6-7,11-12,15-16,19-20H2,1-2H3,(H,37,38,39). The van der Waals surface area contributed by atoms with E-state index in [1.54, 1.807) is 0 Å². The summed E-state index contributed by atoms with van der Waals surface area (Å²) in [6, 6.07) is 26.4. The number of aromatic nitrogens is 3. The second-order valence-corrected chi connectivity index (χ2v) is 12.0. The summed E-state index contributed by atoms with van der Waals surface area (Å²) >= 11 is 0. The zero-order valence-electron chi connectivity index (χ0n) is 24.6. The number of hydrogen-bond donors (Lipinski definition) is 1. The predicted octanol–water partition coefficient (Wildman–Crippen LogP) is 7.96. The largest absolute Gasteiger partial charge is 0.489 e. The third kappa shape index (κ3) is 5.51. The molecule has 0 bridgehead atoms. The molecule has 3 heterocycles. The van der Waals surface area contributed by atoms with Gasteiger partial charge in [-0.05, 0) is 118 Å². The van der Waals surface area contributed by atoms with Crippen LogP contribution in [0.2, 0.25) is 0 Å². The molecule has 2 aromatic heterocycles. The van der Waals surface area contributed by atoms with Crippen LogP contribution >= 0.6 is 0 Å². The first-order valence-corrected chi connectivity index (χ1v) is 15.4. The van der Waals surface area contributed by atoms with E-state index in [0.29, 0.717) is 5.95 Å². The van der Waals surface area contributed by atoms with Crippen molar-refractivity contribution in [3.63, 3.8) is 0 Å². The van der Waals surface area contributed by atoms with E-state index in [1.807, 2.05) is 18.5 Å². The Morgan fingerprint density at radius 2 is 1.67 bits per heavy atom. The van der Waals surface area contributed by atoms with Crippen LogP contribution in [-0.2, 0) is 12.8 Å². The Hall–Kier alpha value is -4.16. The Morgan fingerprint density at radius 3 is 2.48 bits per heavy atom. The van der Waals surface area contributed by atoms with Crippen molar-refractivity contribution >= 4 is 22.7 Å². The summed E-state index contributed by atoms with van der Waals surface area (Å²) in [6.45, 7) is 6.67. The van der Waals surface area contributed by atoms with Gasteiger partial charge in [0, 0.05) is 29.5 Å². The number of fused-ring (bicyclic) bond motifs is 2. The molecule has 1 aliphatic carbocycles. The first-order valence-electron chi connectivity index (χ1n) is 15.4. The molecular formula is C36H39N5O. The summed E-state index contributed by atoms with van der Waals surface area (Å²) in [5.41, 5.74) is 8.08. The molecule has 214 valence electrons. The number of likely N-dealkylation sites (tertiary alicyclic amines) is 1. The van der Waals surface area contributed by atoms with E-state index >= 15 is 0 Å². The highest BCUT2D eigenvalue weighted by atomic mass is 16.5. The monoisotopic (exact) mass is 557 g/mol. The van der Waals surface area contributed by atoms with E-state index < -0.39 is 0 Å². The van der Waals surface area contributed by atoms with Gasteiger partial charge in [-0.1, -0.05) is 42.5 Å². The number of aryl methyl sites for hydroxylation is 2. The Morgan fingerprint density at radius 1 is 0.857 bits per heavy atom. The summed E-state index contributed by atoms with van der Waals surface area (Å²) in [7, 11) is 0. The van der Waals surface area contributed by atoms with E-state index in [0.717, 1.165) is 58.2 Å². The minimum absolute atomic E-state index is 0.0438.